The summed E-state index contributed by atoms with van der Waals surface area (Å²) < 4.78 is 5.57. The van der Waals surface area contributed by atoms with Gasteiger partial charge in [-0.05, 0) is 62.8 Å². The Morgan fingerprint density at radius 3 is 2.88 bits per heavy atom. The number of nitrogens with zero attached hydrogens (tertiary/aromatic N) is 1. The van der Waals surface area contributed by atoms with E-state index in [1.165, 1.54) is 0 Å². The smallest absolute Gasteiger partial charge is 0.240 e. The summed E-state index contributed by atoms with van der Waals surface area (Å²) in [7, 11) is 0. The number of halogens is 2. The molecule has 0 unspecified atom stereocenters. The van der Waals surface area contributed by atoms with Gasteiger partial charge >= 0.3 is 0 Å². The SMILES string of the molecule is C=C(C)[C@@H]1CC=C(C)/C(=N/NC(=O)CCCOc2ccc(Cl)cc2Cl)C1. The van der Waals surface area contributed by atoms with Gasteiger partial charge in [-0.2, -0.15) is 5.10 Å². The fourth-order valence-electron chi connectivity index (χ4n) is 2.62. The summed E-state index contributed by atoms with van der Waals surface area (Å²) in [5.41, 5.74) is 5.82. The summed E-state index contributed by atoms with van der Waals surface area (Å²) in [6, 6.07) is 5.05. The third kappa shape index (κ3) is 6.19. The molecule has 26 heavy (non-hydrogen) atoms. The molecule has 1 aromatic rings. The minimum absolute atomic E-state index is 0.131. The zero-order valence-corrected chi connectivity index (χ0v) is 16.7. The highest BCUT2D eigenvalue weighted by Crippen LogP contribution is 2.28. The quantitative estimate of drug-likeness (QED) is 0.374. The summed E-state index contributed by atoms with van der Waals surface area (Å²) >= 11 is 11.9. The maximum atomic E-state index is 12.0. The number of benzene rings is 1. The van der Waals surface area contributed by atoms with Gasteiger partial charge in [0.25, 0.3) is 0 Å². The number of carbonyl (C=O) groups excluding carboxylic acids is 1. The highest BCUT2D eigenvalue weighted by molar-refractivity contribution is 6.35. The van der Waals surface area contributed by atoms with Gasteiger partial charge in [0.2, 0.25) is 5.91 Å². The number of amides is 1. The number of allylic oxidation sites excluding steroid dienone is 3. The van der Waals surface area contributed by atoms with Crippen molar-refractivity contribution in [2.45, 2.75) is 39.5 Å². The summed E-state index contributed by atoms with van der Waals surface area (Å²) in [6.45, 7) is 8.46. The van der Waals surface area contributed by atoms with Crippen molar-refractivity contribution >= 4 is 34.8 Å². The molecule has 6 heteroatoms. The van der Waals surface area contributed by atoms with E-state index in [9.17, 15) is 4.79 Å². The second-order valence-electron chi connectivity index (χ2n) is 6.49. The Morgan fingerprint density at radius 1 is 1.42 bits per heavy atom. The van der Waals surface area contributed by atoms with Crippen LogP contribution >= 0.6 is 23.2 Å². The first-order chi connectivity index (χ1) is 12.4. The van der Waals surface area contributed by atoms with E-state index in [2.05, 4.69) is 23.2 Å². The van der Waals surface area contributed by atoms with Gasteiger partial charge in [-0.25, -0.2) is 5.43 Å². The predicted octanol–water partition coefficient (Wildman–Crippen LogP) is 5.56. The van der Waals surface area contributed by atoms with Crippen LogP contribution in [0.2, 0.25) is 10.0 Å². The van der Waals surface area contributed by atoms with Crippen molar-refractivity contribution < 1.29 is 9.53 Å². The molecule has 1 aliphatic rings. The van der Waals surface area contributed by atoms with Crippen LogP contribution < -0.4 is 10.2 Å². The summed E-state index contributed by atoms with van der Waals surface area (Å²) in [5, 5.41) is 5.30. The number of hydrazone groups is 1. The molecule has 0 bridgehead atoms. The molecule has 0 saturated carbocycles. The summed E-state index contributed by atoms with van der Waals surface area (Å²) in [5.74, 6) is 0.825. The molecule has 0 spiro atoms. The molecule has 0 radical (unpaired) electrons. The average Bonchev–Trinajstić information content (AvgIpc) is 2.59. The van der Waals surface area contributed by atoms with E-state index in [0.29, 0.717) is 41.2 Å². The van der Waals surface area contributed by atoms with Crippen molar-refractivity contribution in [3.8, 4) is 5.75 Å². The predicted molar refractivity (Wildman–Crippen MR) is 108 cm³/mol. The Balaban J connectivity index is 1.75. The third-order valence-electron chi connectivity index (χ3n) is 4.32. The fourth-order valence-corrected chi connectivity index (χ4v) is 3.08. The Bertz CT molecular complexity index is 741. The Kier molecular flexibility index (Phi) is 7.73. The number of rotatable bonds is 7. The second kappa shape index (κ2) is 9.79. The topological polar surface area (TPSA) is 50.7 Å². The molecule has 0 aromatic heterocycles. The van der Waals surface area contributed by atoms with Gasteiger partial charge in [0, 0.05) is 11.4 Å². The molecule has 1 aliphatic carbocycles. The number of nitrogens with one attached hydrogen (secondary N) is 1. The van der Waals surface area contributed by atoms with Gasteiger partial charge in [-0.1, -0.05) is 41.4 Å². The number of hydrogen-bond donors (Lipinski definition) is 1. The molecule has 4 nitrogen and oxygen atoms in total. The largest absolute Gasteiger partial charge is 0.492 e. The molecular formula is C20H24Cl2N2O2. The summed E-state index contributed by atoms with van der Waals surface area (Å²) in [4.78, 5) is 12.0. The zero-order chi connectivity index (χ0) is 19.1. The van der Waals surface area contributed by atoms with Gasteiger partial charge < -0.3 is 4.74 Å². The van der Waals surface area contributed by atoms with Crippen LogP contribution in [0, 0.1) is 5.92 Å². The van der Waals surface area contributed by atoms with Crippen LogP contribution in [0.15, 0.2) is 47.1 Å². The van der Waals surface area contributed by atoms with Crippen molar-refractivity contribution in [2.75, 3.05) is 6.61 Å². The highest BCUT2D eigenvalue weighted by Gasteiger charge is 2.18. The van der Waals surface area contributed by atoms with Crippen molar-refractivity contribution in [2.24, 2.45) is 11.0 Å². The van der Waals surface area contributed by atoms with Crippen LogP contribution in [0.3, 0.4) is 0 Å². The first kappa shape index (κ1) is 20.5. The van der Waals surface area contributed by atoms with E-state index in [0.717, 1.165) is 29.7 Å². The monoisotopic (exact) mass is 394 g/mol. The molecule has 1 atom stereocenters. The molecule has 1 aromatic carbocycles. The van der Waals surface area contributed by atoms with Gasteiger partial charge in [-0.15, -0.1) is 0 Å². The van der Waals surface area contributed by atoms with Crippen LogP contribution in [0.4, 0.5) is 0 Å². The van der Waals surface area contributed by atoms with E-state index >= 15 is 0 Å². The molecule has 0 fully saturated rings. The lowest BCUT2D eigenvalue weighted by molar-refractivity contribution is -0.121. The minimum Gasteiger partial charge on any atom is -0.492 e. The van der Waals surface area contributed by atoms with Gasteiger partial charge in [0.05, 0.1) is 17.3 Å². The van der Waals surface area contributed by atoms with E-state index in [4.69, 9.17) is 27.9 Å². The van der Waals surface area contributed by atoms with Crippen LogP contribution in [-0.2, 0) is 4.79 Å². The van der Waals surface area contributed by atoms with E-state index in [1.54, 1.807) is 18.2 Å². The molecular weight excluding hydrogens is 371 g/mol. The fraction of sp³-hybridized carbons (Fsp3) is 0.400. The highest BCUT2D eigenvalue weighted by atomic mass is 35.5. The Labute approximate surface area is 164 Å². The minimum atomic E-state index is -0.131. The average molecular weight is 395 g/mol. The van der Waals surface area contributed by atoms with Crippen molar-refractivity contribution in [3.05, 3.63) is 52.0 Å². The Morgan fingerprint density at radius 2 is 2.19 bits per heavy atom. The molecule has 1 N–H and O–H groups in total. The maximum Gasteiger partial charge on any atom is 0.240 e. The van der Waals surface area contributed by atoms with E-state index in [1.807, 2.05) is 13.8 Å². The first-order valence-corrected chi connectivity index (χ1v) is 9.38. The van der Waals surface area contributed by atoms with E-state index < -0.39 is 0 Å². The lowest BCUT2D eigenvalue weighted by Crippen LogP contribution is -2.23. The van der Waals surface area contributed by atoms with Crippen LogP contribution in [0.5, 0.6) is 5.75 Å². The van der Waals surface area contributed by atoms with Gasteiger partial charge in [0.15, 0.2) is 0 Å². The van der Waals surface area contributed by atoms with Crippen molar-refractivity contribution in [1.29, 1.82) is 0 Å². The van der Waals surface area contributed by atoms with Crippen molar-refractivity contribution in [1.82, 2.24) is 5.43 Å². The standard InChI is InChI=1S/C20H24Cl2N2O2/c1-13(2)15-7-6-14(3)18(11-15)23-24-20(25)5-4-10-26-19-9-8-16(21)12-17(19)22/h6,8-9,12,15H,1,4-5,7,10-11H2,2-3H3,(H,24,25)/b23-18+/t15-/m1/s1. The third-order valence-corrected chi connectivity index (χ3v) is 4.85. The van der Waals surface area contributed by atoms with Crippen LogP contribution in [-0.4, -0.2) is 18.2 Å². The maximum absolute atomic E-state index is 12.0. The molecule has 1 amide bonds. The summed E-state index contributed by atoms with van der Waals surface area (Å²) in [6.07, 6.45) is 4.85. The Hall–Kier alpha value is -1.78. The number of ether oxygens (including phenoxy) is 1. The molecule has 2 rings (SSSR count). The number of hydrogen-bond acceptors (Lipinski definition) is 3. The lowest BCUT2D eigenvalue weighted by Gasteiger charge is -2.22. The second-order valence-corrected chi connectivity index (χ2v) is 7.33. The van der Waals surface area contributed by atoms with Gasteiger partial charge in [0.1, 0.15) is 5.75 Å². The van der Waals surface area contributed by atoms with Gasteiger partial charge in [-0.3, -0.25) is 4.79 Å². The zero-order valence-electron chi connectivity index (χ0n) is 15.1. The van der Waals surface area contributed by atoms with Crippen LogP contribution in [0.1, 0.15) is 39.5 Å². The molecule has 140 valence electrons. The lowest BCUT2D eigenvalue weighted by atomic mass is 9.85. The van der Waals surface area contributed by atoms with Crippen molar-refractivity contribution in [3.63, 3.8) is 0 Å². The molecule has 0 saturated heterocycles. The molecule has 0 aliphatic heterocycles. The van der Waals surface area contributed by atoms with Crippen LogP contribution in [0.25, 0.3) is 0 Å². The normalized spacial score (nSPS) is 18.4. The number of carbonyl (C=O) groups is 1. The molecule has 0 heterocycles. The van der Waals surface area contributed by atoms with E-state index in [-0.39, 0.29) is 5.91 Å². The first-order valence-electron chi connectivity index (χ1n) is 8.62.